The lowest BCUT2D eigenvalue weighted by molar-refractivity contribution is -0.116. The SMILES string of the molecule is CN=C(NCCC(=O)Nc1cccc(Cl)c1C)N1CCC(C)C(n2ccnc2)C1. The van der Waals surface area contributed by atoms with Crippen LogP contribution in [-0.2, 0) is 4.79 Å². The van der Waals surface area contributed by atoms with Gasteiger partial charge in [-0.05, 0) is 37.0 Å². The van der Waals surface area contributed by atoms with Gasteiger partial charge >= 0.3 is 0 Å². The molecule has 7 nitrogen and oxygen atoms in total. The molecule has 2 aromatic rings. The van der Waals surface area contributed by atoms with Crippen LogP contribution in [0, 0.1) is 12.8 Å². The van der Waals surface area contributed by atoms with Crippen molar-refractivity contribution in [2.24, 2.45) is 10.9 Å². The Balaban J connectivity index is 1.51. The number of hydrogen-bond acceptors (Lipinski definition) is 3. The fraction of sp³-hybridized carbons (Fsp3) is 0.476. The minimum Gasteiger partial charge on any atom is -0.356 e. The number of rotatable bonds is 5. The summed E-state index contributed by atoms with van der Waals surface area (Å²) in [5.41, 5.74) is 1.62. The first-order valence-corrected chi connectivity index (χ1v) is 10.4. The van der Waals surface area contributed by atoms with E-state index in [1.165, 1.54) is 0 Å². The van der Waals surface area contributed by atoms with Crippen molar-refractivity contribution in [1.82, 2.24) is 19.8 Å². The zero-order chi connectivity index (χ0) is 20.8. The van der Waals surface area contributed by atoms with E-state index in [0.717, 1.165) is 36.7 Å². The van der Waals surface area contributed by atoms with Crippen LogP contribution >= 0.6 is 11.6 Å². The van der Waals surface area contributed by atoms with Gasteiger partial charge in [0.1, 0.15) is 0 Å². The number of amides is 1. The minimum atomic E-state index is -0.0538. The zero-order valence-electron chi connectivity index (χ0n) is 17.2. The van der Waals surface area contributed by atoms with Crippen LogP contribution in [0.5, 0.6) is 0 Å². The van der Waals surface area contributed by atoms with Gasteiger partial charge in [0.2, 0.25) is 5.91 Å². The maximum absolute atomic E-state index is 12.3. The number of carbonyl (C=O) groups excluding carboxylic acids is 1. The fourth-order valence-electron chi connectivity index (χ4n) is 3.67. The number of piperidine rings is 1. The van der Waals surface area contributed by atoms with Gasteiger partial charge in [0.25, 0.3) is 0 Å². The van der Waals surface area contributed by atoms with E-state index in [2.05, 4.69) is 37.0 Å². The highest BCUT2D eigenvalue weighted by atomic mass is 35.5. The molecule has 0 radical (unpaired) electrons. The molecular weight excluding hydrogens is 388 g/mol. The number of halogens is 1. The van der Waals surface area contributed by atoms with Gasteiger partial charge in [-0.3, -0.25) is 9.79 Å². The molecule has 0 aliphatic carbocycles. The molecule has 1 aliphatic heterocycles. The molecule has 2 N–H and O–H groups in total. The van der Waals surface area contributed by atoms with Crippen LogP contribution in [0.3, 0.4) is 0 Å². The second kappa shape index (κ2) is 9.78. The van der Waals surface area contributed by atoms with Crippen LogP contribution < -0.4 is 10.6 Å². The van der Waals surface area contributed by atoms with Crippen molar-refractivity contribution in [2.75, 3.05) is 32.0 Å². The lowest BCUT2D eigenvalue weighted by Gasteiger charge is -2.39. The van der Waals surface area contributed by atoms with Crippen LogP contribution in [0.15, 0.2) is 41.9 Å². The summed E-state index contributed by atoms with van der Waals surface area (Å²) in [6.45, 7) is 6.50. The van der Waals surface area contributed by atoms with Crippen molar-refractivity contribution < 1.29 is 4.79 Å². The van der Waals surface area contributed by atoms with Crippen molar-refractivity contribution in [3.05, 3.63) is 47.5 Å². The van der Waals surface area contributed by atoms with Gasteiger partial charge in [0, 0.05) is 56.2 Å². The molecule has 1 aromatic heterocycles. The summed E-state index contributed by atoms with van der Waals surface area (Å²) < 4.78 is 2.17. The van der Waals surface area contributed by atoms with Crippen molar-refractivity contribution in [1.29, 1.82) is 0 Å². The summed E-state index contributed by atoms with van der Waals surface area (Å²) >= 11 is 6.12. The second-order valence-corrected chi connectivity index (χ2v) is 7.88. The maximum atomic E-state index is 12.3. The van der Waals surface area contributed by atoms with Gasteiger partial charge in [0.15, 0.2) is 5.96 Å². The van der Waals surface area contributed by atoms with Crippen molar-refractivity contribution in [2.45, 2.75) is 32.7 Å². The Morgan fingerprint density at radius 2 is 2.24 bits per heavy atom. The fourth-order valence-corrected chi connectivity index (χ4v) is 3.85. The number of nitrogens with zero attached hydrogens (tertiary/aromatic N) is 4. The van der Waals surface area contributed by atoms with E-state index in [9.17, 15) is 4.79 Å². The number of hydrogen-bond donors (Lipinski definition) is 2. The molecule has 2 heterocycles. The van der Waals surface area contributed by atoms with E-state index in [4.69, 9.17) is 11.6 Å². The number of aliphatic imine (C=N–C) groups is 1. The van der Waals surface area contributed by atoms with E-state index in [0.29, 0.717) is 29.9 Å². The number of anilines is 1. The number of nitrogens with one attached hydrogen (secondary N) is 2. The van der Waals surface area contributed by atoms with Gasteiger partial charge in [-0.2, -0.15) is 0 Å². The summed E-state index contributed by atoms with van der Waals surface area (Å²) in [5, 5.41) is 6.90. The van der Waals surface area contributed by atoms with Crippen LogP contribution in [0.4, 0.5) is 5.69 Å². The molecule has 8 heteroatoms. The molecule has 1 saturated heterocycles. The third-order valence-electron chi connectivity index (χ3n) is 5.51. The van der Waals surface area contributed by atoms with Gasteiger partial charge in [-0.1, -0.05) is 24.6 Å². The highest BCUT2D eigenvalue weighted by Crippen LogP contribution is 2.27. The molecular formula is C21H29ClN6O. The van der Waals surface area contributed by atoms with E-state index in [1.54, 1.807) is 7.05 Å². The molecule has 1 fully saturated rings. The Hall–Kier alpha value is -2.54. The average Bonchev–Trinajstić information content (AvgIpc) is 3.24. The molecule has 1 aliphatic rings. The number of imidazole rings is 1. The Labute approximate surface area is 177 Å². The Bertz CT molecular complexity index is 851. The Kier molecular flexibility index (Phi) is 7.14. The summed E-state index contributed by atoms with van der Waals surface area (Å²) in [6, 6.07) is 5.86. The summed E-state index contributed by atoms with van der Waals surface area (Å²) in [7, 11) is 1.78. The molecule has 0 bridgehead atoms. The first-order chi connectivity index (χ1) is 14.0. The smallest absolute Gasteiger partial charge is 0.226 e. The predicted octanol–water partition coefficient (Wildman–Crippen LogP) is 3.33. The lowest BCUT2D eigenvalue weighted by atomic mass is 9.93. The van der Waals surface area contributed by atoms with E-state index < -0.39 is 0 Å². The summed E-state index contributed by atoms with van der Waals surface area (Å²) in [5.74, 6) is 1.35. The van der Waals surface area contributed by atoms with Crippen molar-refractivity contribution in [3.63, 3.8) is 0 Å². The largest absolute Gasteiger partial charge is 0.356 e. The average molecular weight is 417 g/mol. The molecule has 0 spiro atoms. The topological polar surface area (TPSA) is 74.6 Å². The third-order valence-corrected chi connectivity index (χ3v) is 5.92. The van der Waals surface area contributed by atoms with Crippen molar-refractivity contribution in [3.8, 4) is 0 Å². The van der Waals surface area contributed by atoms with E-state index in [-0.39, 0.29) is 5.91 Å². The first-order valence-electron chi connectivity index (χ1n) is 9.97. The van der Waals surface area contributed by atoms with E-state index in [1.807, 2.05) is 43.8 Å². The summed E-state index contributed by atoms with van der Waals surface area (Å²) in [6.07, 6.45) is 7.14. The standard InChI is InChI=1S/C21H29ClN6O/c1-15-8-11-27(13-19(15)28-12-10-24-14-28)21(23-3)25-9-7-20(29)26-18-6-4-5-17(22)16(18)2/h4-6,10,12,14-15,19H,7-9,11,13H2,1-3H3,(H,23,25)(H,26,29). The molecule has 1 aromatic carbocycles. The second-order valence-electron chi connectivity index (χ2n) is 7.47. The lowest BCUT2D eigenvalue weighted by Crippen LogP contribution is -2.49. The van der Waals surface area contributed by atoms with Gasteiger partial charge in [0.05, 0.1) is 12.4 Å². The first kappa shape index (κ1) is 21.2. The minimum absolute atomic E-state index is 0.0538. The summed E-state index contributed by atoms with van der Waals surface area (Å²) in [4.78, 5) is 23.2. The molecule has 1 amide bonds. The van der Waals surface area contributed by atoms with Crippen LogP contribution in [0.25, 0.3) is 0 Å². The normalized spacial score (nSPS) is 19.9. The molecule has 0 saturated carbocycles. The van der Waals surface area contributed by atoms with Crippen LogP contribution in [0.1, 0.15) is 31.4 Å². The van der Waals surface area contributed by atoms with Gasteiger partial charge in [-0.15, -0.1) is 0 Å². The van der Waals surface area contributed by atoms with Crippen LogP contribution in [-0.4, -0.2) is 53.0 Å². The molecule has 3 rings (SSSR count). The Morgan fingerprint density at radius 1 is 1.41 bits per heavy atom. The number of guanidine groups is 1. The predicted molar refractivity (Wildman–Crippen MR) is 117 cm³/mol. The van der Waals surface area contributed by atoms with Gasteiger partial charge < -0.3 is 20.1 Å². The van der Waals surface area contributed by atoms with E-state index >= 15 is 0 Å². The molecule has 156 valence electrons. The quantitative estimate of drug-likeness (QED) is 0.579. The third kappa shape index (κ3) is 5.29. The molecule has 29 heavy (non-hydrogen) atoms. The van der Waals surface area contributed by atoms with Gasteiger partial charge in [-0.25, -0.2) is 4.98 Å². The molecule has 2 atom stereocenters. The highest BCUT2D eigenvalue weighted by molar-refractivity contribution is 6.31. The van der Waals surface area contributed by atoms with Crippen molar-refractivity contribution >= 4 is 29.2 Å². The maximum Gasteiger partial charge on any atom is 0.226 e. The molecule has 2 unspecified atom stereocenters. The number of benzene rings is 1. The number of carbonyl (C=O) groups is 1. The monoisotopic (exact) mass is 416 g/mol. The van der Waals surface area contributed by atoms with Crippen LogP contribution in [0.2, 0.25) is 5.02 Å². The number of likely N-dealkylation sites (tertiary alicyclic amines) is 1. The highest BCUT2D eigenvalue weighted by Gasteiger charge is 2.28. The zero-order valence-corrected chi connectivity index (χ0v) is 18.0. The number of aromatic nitrogens is 2. The Morgan fingerprint density at radius 3 is 2.97 bits per heavy atom.